The van der Waals surface area contributed by atoms with E-state index in [0.717, 1.165) is 11.8 Å². The summed E-state index contributed by atoms with van der Waals surface area (Å²) in [6, 6.07) is 0.306. The molecular weight excluding hydrogens is 238 g/mol. The van der Waals surface area contributed by atoms with E-state index in [-0.39, 0.29) is 17.9 Å². The van der Waals surface area contributed by atoms with E-state index in [4.69, 9.17) is 4.74 Å². The topological polar surface area (TPSA) is 38.3 Å². The highest BCUT2D eigenvalue weighted by atomic mass is 16.5. The Morgan fingerprint density at radius 1 is 1.11 bits per heavy atom. The van der Waals surface area contributed by atoms with Gasteiger partial charge in [-0.15, -0.1) is 0 Å². The van der Waals surface area contributed by atoms with Crippen LogP contribution in [-0.2, 0) is 9.53 Å². The van der Waals surface area contributed by atoms with E-state index in [1.807, 2.05) is 0 Å². The largest absolute Gasteiger partial charge is 0.468 e. The average Bonchev–Trinajstić information content (AvgIpc) is 2.60. The van der Waals surface area contributed by atoms with Gasteiger partial charge < -0.3 is 10.1 Å². The fraction of sp³-hybridized carbons (Fsp3) is 0.938. The van der Waals surface area contributed by atoms with E-state index < -0.39 is 0 Å². The fourth-order valence-electron chi connectivity index (χ4n) is 3.08. The molecule has 1 aliphatic carbocycles. The Hall–Kier alpha value is -0.570. The second-order valence-corrected chi connectivity index (χ2v) is 6.62. The molecule has 3 atom stereocenters. The summed E-state index contributed by atoms with van der Waals surface area (Å²) in [6.07, 6.45) is 6.25. The molecule has 1 rings (SSSR count). The second-order valence-electron chi connectivity index (χ2n) is 6.62. The molecule has 0 aromatic rings. The van der Waals surface area contributed by atoms with Crippen LogP contribution in [-0.4, -0.2) is 25.2 Å². The van der Waals surface area contributed by atoms with Crippen molar-refractivity contribution < 1.29 is 9.53 Å². The van der Waals surface area contributed by atoms with Crippen molar-refractivity contribution in [2.45, 2.75) is 71.9 Å². The Morgan fingerprint density at radius 2 is 1.79 bits per heavy atom. The molecule has 0 spiro atoms. The monoisotopic (exact) mass is 269 g/mol. The van der Waals surface area contributed by atoms with Gasteiger partial charge >= 0.3 is 5.97 Å². The Morgan fingerprint density at radius 3 is 2.32 bits per heavy atom. The first-order chi connectivity index (χ1) is 8.95. The van der Waals surface area contributed by atoms with Crippen molar-refractivity contribution in [3.05, 3.63) is 0 Å². The van der Waals surface area contributed by atoms with E-state index >= 15 is 0 Å². The Kier molecular flexibility index (Phi) is 6.84. The minimum Gasteiger partial charge on any atom is -0.468 e. The van der Waals surface area contributed by atoms with Crippen LogP contribution in [0.15, 0.2) is 0 Å². The van der Waals surface area contributed by atoms with Crippen LogP contribution in [0.25, 0.3) is 0 Å². The molecule has 0 aromatic carbocycles. The number of rotatable bonds is 5. The average molecular weight is 269 g/mol. The number of carbonyl (C=O) groups excluding carboxylic acids is 1. The lowest BCUT2D eigenvalue weighted by molar-refractivity contribution is -0.144. The zero-order valence-corrected chi connectivity index (χ0v) is 13.2. The van der Waals surface area contributed by atoms with Gasteiger partial charge in [-0.3, -0.25) is 4.79 Å². The molecule has 0 amide bonds. The first kappa shape index (κ1) is 16.5. The number of nitrogens with one attached hydrogen (secondary N) is 1. The summed E-state index contributed by atoms with van der Waals surface area (Å²) in [5, 5.41) is 3.53. The molecule has 0 bridgehead atoms. The normalized spacial score (nSPS) is 26.3. The van der Waals surface area contributed by atoms with Gasteiger partial charge in [-0.2, -0.15) is 0 Å². The third kappa shape index (κ3) is 5.13. The third-order valence-corrected chi connectivity index (χ3v) is 4.49. The van der Waals surface area contributed by atoms with Gasteiger partial charge in [-0.25, -0.2) is 0 Å². The number of hydrogen-bond acceptors (Lipinski definition) is 3. The molecule has 0 aliphatic heterocycles. The Balaban J connectivity index is 2.53. The summed E-state index contributed by atoms with van der Waals surface area (Å²) >= 11 is 0. The second kappa shape index (κ2) is 7.88. The van der Waals surface area contributed by atoms with Crippen LogP contribution < -0.4 is 5.32 Å². The highest BCUT2D eigenvalue weighted by Gasteiger charge is 2.28. The predicted molar refractivity (Wildman–Crippen MR) is 79.0 cm³/mol. The van der Waals surface area contributed by atoms with Gasteiger partial charge in [0.05, 0.1) is 7.11 Å². The first-order valence-electron chi connectivity index (χ1n) is 7.79. The predicted octanol–water partition coefficient (Wildman–Crippen LogP) is 3.38. The number of ether oxygens (including phenoxy) is 1. The maximum Gasteiger partial charge on any atom is 0.323 e. The van der Waals surface area contributed by atoms with E-state index in [1.165, 1.54) is 39.2 Å². The molecule has 1 fully saturated rings. The highest BCUT2D eigenvalue weighted by Crippen LogP contribution is 2.29. The molecule has 1 aliphatic rings. The molecule has 112 valence electrons. The summed E-state index contributed by atoms with van der Waals surface area (Å²) in [5.74, 6) is 1.78. The Labute approximate surface area is 118 Å². The lowest BCUT2D eigenvalue weighted by Crippen LogP contribution is -2.47. The van der Waals surface area contributed by atoms with Gasteiger partial charge in [0.1, 0.15) is 6.04 Å². The molecule has 3 nitrogen and oxygen atoms in total. The van der Waals surface area contributed by atoms with Gasteiger partial charge in [-0.1, -0.05) is 40.5 Å². The molecular formula is C16H31NO2. The van der Waals surface area contributed by atoms with Crippen LogP contribution in [0, 0.1) is 17.8 Å². The minimum absolute atomic E-state index is 0.125. The van der Waals surface area contributed by atoms with Crippen LogP contribution in [0.2, 0.25) is 0 Å². The number of methoxy groups -OCH3 is 1. The molecule has 19 heavy (non-hydrogen) atoms. The summed E-state index contributed by atoms with van der Waals surface area (Å²) < 4.78 is 4.90. The summed E-state index contributed by atoms with van der Waals surface area (Å²) in [7, 11) is 1.47. The van der Waals surface area contributed by atoms with E-state index in [1.54, 1.807) is 0 Å². The van der Waals surface area contributed by atoms with Gasteiger partial charge in [0, 0.05) is 6.04 Å². The first-order valence-corrected chi connectivity index (χ1v) is 7.79. The lowest BCUT2D eigenvalue weighted by atomic mass is 9.89. The fourth-order valence-corrected chi connectivity index (χ4v) is 3.08. The van der Waals surface area contributed by atoms with Crippen LogP contribution in [0.5, 0.6) is 0 Å². The third-order valence-electron chi connectivity index (χ3n) is 4.49. The van der Waals surface area contributed by atoms with E-state index in [9.17, 15) is 4.79 Å². The smallest absolute Gasteiger partial charge is 0.323 e. The molecule has 3 heteroatoms. The molecule has 3 unspecified atom stereocenters. The van der Waals surface area contributed by atoms with Crippen LogP contribution in [0.1, 0.15) is 59.8 Å². The Bertz CT molecular complexity index is 276. The molecule has 0 saturated heterocycles. The number of hydrogen-bond donors (Lipinski definition) is 1. The highest BCUT2D eigenvalue weighted by molar-refractivity contribution is 5.75. The quantitative estimate of drug-likeness (QED) is 0.614. The zero-order chi connectivity index (χ0) is 14.4. The zero-order valence-electron chi connectivity index (χ0n) is 13.2. The van der Waals surface area contributed by atoms with E-state index in [0.29, 0.717) is 6.04 Å². The van der Waals surface area contributed by atoms with Crippen molar-refractivity contribution in [3.8, 4) is 0 Å². The van der Waals surface area contributed by atoms with Crippen molar-refractivity contribution >= 4 is 5.97 Å². The maximum atomic E-state index is 11.8. The minimum atomic E-state index is -0.161. The van der Waals surface area contributed by atoms with Gasteiger partial charge in [-0.05, 0) is 37.0 Å². The molecule has 1 N–H and O–H groups in total. The van der Waals surface area contributed by atoms with Crippen molar-refractivity contribution in [3.63, 3.8) is 0 Å². The van der Waals surface area contributed by atoms with Gasteiger partial charge in [0.25, 0.3) is 0 Å². The molecule has 0 aromatic heterocycles. The molecule has 0 heterocycles. The van der Waals surface area contributed by atoms with Gasteiger partial charge in [0.2, 0.25) is 0 Å². The number of esters is 1. The maximum absolute atomic E-state index is 11.8. The van der Waals surface area contributed by atoms with Crippen molar-refractivity contribution in [2.75, 3.05) is 7.11 Å². The lowest BCUT2D eigenvalue weighted by Gasteiger charge is -2.26. The van der Waals surface area contributed by atoms with Gasteiger partial charge in [0.15, 0.2) is 0 Å². The number of carbonyl (C=O) groups is 1. The van der Waals surface area contributed by atoms with Crippen molar-refractivity contribution in [2.24, 2.45) is 17.8 Å². The van der Waals surface area contributed by atoms with Crippen molar-refractivity contribution in [1.29, 1.82) is 0 Å². The van der Waals surface area contributed by atoms with Crippen LogP contribution in [0.3, 0.4) is 0 Å². The van der Waals surface area contributed by atoms with Crippen LogP contribution in [0.4, 0.5) is 0 Å². The van der Waals surface area contributed by atoms with Crippen LogP contribution >= 0.6 is 0 Å². The summed E-state index contributed by atoms with van der Waals surface area (Å²) in [6.45, 7) is 8.79. The standard InChI is InChI=1S/C16H31NO2/c1-11(2)13-7-6-8-14(10-9-13)17-15(12(3)4)16(18)19-5/h11-15,17H,6-10H2,1-5H3. The summed E-state index contributed by atoms with van der Waals surface area (Å²) in [4.78, 5) is 11.8. The molecule has 0 radical (unpaired) electrons. The SMILES string of the molecule is COC(=O)C(NC1CCCC(C(C)C)CC1)C(C)C. The molecule has 1 saturated carbocycles. The summed E-state index contributed by atoms with van der Waals surface area (Å²) in [5.41, 5.74) is 0. The van der Waals surface area contributed by atoms with Crippen molar-refractivity contribution in [1.82, 2.24) is 5.32 Å². The van der Waals surface area contributed by atoms with E-state index in [2.05, 4.69) is 33.0 Å².